The van der Waals surface area contributed by atoms with E-state index in [0.29, 0.717) is 6.54 Å². The summed E-state index contributed by atoms with van der Waals surface area (Å²) in [6, 6.07) is 19.0. The van der Waals surface area contributed by atoms with E-state index in [-0.39, 0.29) is 5.56 Å². The van der Waals surface area contributed by atoms with Crippen molar-refractivity contribution < 1.29 is 14.6 Å². The van der Waals surface area contributed by atoms with Gasteiger partial charge in [0, 0.05) is 19.3 Å². The Morgan fingerprint density at radius 2 is 1.80 bits per heavy atom. The van der Waals surface area contributed by atoms with Gasteiger partial charge in [-0.25, -0.2) is 9.78 Å². The van der Waals surface area contributed by atoms with Crippen LogP contribution in [0.2, 0.25) is 0 Å². The predicted molar refractivity (Wildman–Crippen MR) is 119 cm³/mol. The number of carboxylic acid groups (broad SMARTS) is 1. The van der Waals surface area contributed by atoms with Crippen molar-refractivity contribution in [2.24, 2.45) is 0 Å². The molecule has 30 heavy (non-hydrogen) atoms. The lowest BCUT2D eigenvalue weighted by molar-refractivity contribution is 0.0697. The van der Waals surface area contributed by atoms with Gasteiger partial charge in [0.05, 0.1) is 17.4 Å². The molecule has 0 fully saturated rings. The molecule has 6 nitrogen and oxygen atoms in total. The molecule has 0 saturated carbocycles. The molecular weight excluding hydrogens is 398 g/mol. The molecule has 0 spiro atoms. The molecule has 0 bridgehead atoms. The van der Waals surface area contributed by atoms with Crippen molar-refractivity contribution in [2.75, 3.05) is 18.6 Å². The van der Waals surface area contributed by atoms with Gasteiger partial charge in [0.15, 0.2) is 10.8 Å². The highest BCUT2D eigenvalue weighted by Crippen LogP contribution is 2.29. The second-order valence-corrected chi connectivity index (χ2v) is 7.85. The minimum absolute atomic E-state index is 0.285. The summed E-state index contributed by atoms with van der Waals surface area (Å²) < 4.78 is 6.28. The van der Waals surface area contributed by atoms with E-state index in [1.807, 2.05) is 36.4 Å². The lowest BCUT2D eigenvalue weighted by atomic mass is 10.1. The Morgan fingerprint density at radius 1 is 1.07 bits per heavy atom. The maximum atomic E-state index is 11.1. The summed E-state index contributed by atoms with van der Waals surface area (Å²) in [4.78, 5) is 22.4. The first-order chi connectivity index (χ1) is 14.6. The number of ether oxygens (including phenoxy) is 1. The zero-order valence-corrected chi connectivity index (χ0v) is 17.3. The Balaban J connectivity index is 1.57. The van der Waals surface area contributed by atoms with Crippen LogP contribution in [0.1, 0.15) is 21.5 Å². The smallest absolute Gasteiger partial charge is 0.335 e. The van der Waals surface area contributed by atoms with Gasteiger partial charge in [0.2, 0.25) is 0 Å². The number of nitrogens with zero attached hydrogens (tertiary/aromatic N) is 3. The van der Waals surface area contributed by atoms with E-state index in [9.17, 15) is 4.79 Å². The molecule has 0 aliphatic carbocycles. The van der Waals surface area contributed by atoms with Crippen LogP contribution in [0.4, 0.5) is 5.13 Å². The topological polar surface area (TPSA) is 75.5 Å². The molecule has 152 valence electrons. The van der Waals surface area contributed by atoms with Crippen molar-refractivity contribution in [1.82, 2.24) is 9.97 Å². The van der Waals surface area contributed by atoms with Crippen LogP contribution >= 0.6 is 11.3 Å². The zero-order chi connectivity index (χ0) is 20.9. The second-order valence-electron chi connectivity index (χ2n) is 6.84. The standard InChI is InChI=1S/C23H21N3O3S/c1-29-19-10-6-16(7-11-19)12-14-26(15-17-4-8-18(9-5-17)22(27)28)23-25-21-20(30-23)3-2-13-24-21/h2-11,13H,12,14-15H2,1H3,(H,27,28). The van der Waals surface area contributed by atoms with Gasteiger partial charge in [-0.05, 0) is 53.9 Å². The van der Waals surface area contributed by atoms with Crippen LogP contribution in [-0.2, 0) is 13.0 Å². The van der Waals surface area contributed by atoms with Crippen molar-refractivity contribution in [2.45, 2.75) is 13.0 Å². The number of anilines is 1. The van der Waals surface area contributed by atoms with Crippen molar-refractivity contribution in [1.29, 1.82) is 0 Å². The Hall–Kier alpha value is -3.45. The van der Waals surface area contributed by atoms with Crippen LogP contribution in [0.25, 0.3) is 10.3 Å². The first kappa shape index (κ1) is 19.8. The van der Waals surface area contributed by atoms with E-state index in [4.69, 9.17) is 14.8 Å². The highest BCUT2D eigenvalue weighted by Gasteiger charge is 2.14. The number of carbonyl (C=O) groups is 1. The molecule has 2 aromatic heterocycles. The van der Waals surface area contributed by atoms with Gasteiger partial charge in [0.25, 0.3) is 0 Å². The highest BCUT2D eigenvalue weighted by molar-refractivity contribution is 7.22. The van der Waals surface area contributed by atoms with Gasteiger partial charge in [-0.2, -0.15) is 4.98 Å². The van der Waals surface area contributed by atoms with Crippen LogP contribution in [0.5, 0.6) is 5.75 Å². The Morgan fingerprint density at radius 3 is 2.47 bits per heavy atom. The third kappa shape index (κ3) is 4.58. The molecule has 2 heterocycles. The van der Waals surface area contributed by atoms with Crippen molar-refractivity contribution >= 4 is 32.8 Å². The molecule has 0 unspecified atom stereocenters. The largest absolute Gasteiger partial charge is 0.497 e. The van der Waals surface area contributed by atoms with E-state index in [1.54, 1.807) is 36.8 Å². The summed E-state index contributed by atoms with van der Waals surface area (Å²) in [5.41, 5.74) is 3.27. The van der Waals surface area contributed by atoms with Crippen LogP contribution in [0.15, 0.2) is 66.9 Å². The van der Waals surface area contributed by atoms with Gasteiger partial charge in [-0.3, -0.25) is 0 Å². The number of hydrogen-bond donors (Lipinski definition) is 1. The Bertz CT molecular complexity index is 1110. The number of rotatable bonds is 8. The van der Waals surface area contributed by atoms with Gasteiger partial charge in [-0.15, -0.1) is 0 Å². The lowest BCUT2D eigenvalue weighted by Crippen LogP contribution is -2.25. The first-order valence-corrected chi connectivity index (χ1v) is 10.4. The second kappa shape index (κ2) is 8.92. The summed E-state index contributed by atoms with van der Waals surface area (Å²) in [7, 11) is 1.66. The molecule has 0 aliphatic rings. The van der Waals surface area contributed by atoms with E-state index in [2.05, 4.69) is 22.0 Å². The third-order valence-electron chi connectivity index (χ3n) is 4.83. The SMILES string of the molecule is COc1ccc(CCN(Cc2ccc(C(=O)O)cc2)c2nc3ncccc3s2)cc1. The third-order valence-corrected chi connectivity index (χ3v) is 5.90. The molecule has 4 rings (SSSR count). The maximum absolute atomic E-state index is 11.1. The number of hydrogen-bond acceptors (Lipinski definition) is 6. The summed E-state index contributed by atoms with van der Waals surface area (Å²) in [5, 5.41) is 10.0. The van der Waals surface area contributed by atoms with Gasteiger partial charge < -0.3 is 14.7 Å². The molecule has 0 amide bonds. The van der Waals surface area contributed by atoms with Crippen molar-refractivity contribution in [3.8, 4) is 5.75 Å². The number of thiazole rings is 1. The Kier molecular flexibility index (Phi) is 5.90. The number of fused-ring (bicyclic) bond motifs is 1. The number of carboxylic acids is 1. The summed E-state index contributed by atoms with van der Waals surface area (Å²) >= 11 is 1.61. The van der Waals surface area contributed by atoms with Gasteiger partial charge in [-0.1, -0.05) is 35.6 Å². The zero-order valence-electron chi connectivity index (χ0n) is 16.5. The van der Waals surface area contributed by atoms with E-state index in [1.165, 1.54) is 5.56 Å². The van der Waals surface area contributed by atoms with E-state index in [0.717, 1.165) is 39.8 Å². The molecule has 0 saturated heterocycles. The number of aromatic nitrogens is 2. The fourth-order valence-electron chi connectivity index (χ4n) is 3.16. The first-order valence-electron chi connectivity index (χ1n) is 9.54. The fraction of sp³-hybridized carbons (Fsp3) is 0.174. The van der Waals surface area contributed by atoms with Crippen molar-refractivity contribution in [3.63, 3.8) is 0 Å². The average molecular weight is 420 g/mol. The molecule has 7 heteroatoms. The van der Waals surface area contributed by atoms with Gasteiger partial charge >= 0.3 is 5.97 Å². The molecular formula is C23H21N3O3S. The molecule has 0 atom stereocenters. The molecule has 0 radical (unpaired) electrons. The molecule has 0 aliphatic heterocycles. The fourth-order valence-corrected chi connectivity index (χ4v) is 4.11. The van der Waals surface area contributed by atoms with Crippen LogP contribution in [0, 0.1) is 0 Å². The van der Waals surface area contributed by atoms with Crippen LogP contribution < -0.4 is 9.64 Å². The van der Waals surface area contributed by atoms with Crippen LogP contribution in [0.3, 0.4) is 0 Å². The molecule has 4 aromatic rings. The van der Waals surface area contributed by atoms with Crippen molar-refractivity contribution in [3.05, 3.63) is 83.6 Å². The normalized spacial score (nSPS) is 10.8. The number of pyridine rings is 1. The van der Waals surface area contributed by atoms with Gasteiger partial charge in [0.1, 0.15) is 5.75 Å². The van der Waals surface area contributed by atoms with Crippen LogP contribution in [-0.4, -0.2) is 34.7 Å². The predicted octanol–water partition coefficient (Wildman–Crippen LogP) is 4.65. The summed E-state index contributed by atoms with van der Waals surface area (Å²) in [5.74, 6) is -0.0819. The van der Waals surface area contributed by atoms with E-state index >= 15 is 0 Å². The average Bonchev–Trinajstić information content (AvgIpc) is 3.21. The maximum Gasteiger partial charge on any atom is 0.335 e. The Labute approximate surface area is 178 Å². The minimum Gasteiger partial charge on any atom is -0.497 e. The number of benzene rings is 2. The summed E-state index contributed by atoms with van der Waals surface area (Å²) in [6.07, 6.45) is 2.60. The minimum atomic E-state index is -0.921. The molecule has 2 aromatic carbocycles. The highest BCUT2D eigenvalue weighted by atomic mass is 32.1. The quantitative estimate of drug-likeness (QED) is 0.448. The number of methoxy groups -OCH3 is 1. The monoisotopic (exact) mass is 419 g/mol. The molecule has 1 N–H and O–H groups in total. The lowest BCUT2D eigenvalue weighted by Gasteiger charge is -2.22. The summed E-state index contributed by atoms with van der Waals surface area (Å²) in [6.45, 7) is 1.41. The van der Waals surface area contributed by atoms with E-state index < -0.39 is 5.97 Å². The number of aromatic carboxylic acids is 1.